The molecule has 4 aromatic rings. The highest BCUT2D eigenvalue weighted by Gasteiger charge is 2.21. The first-order chi connectivity index (χ1) is 14.6. The fraction of sp³-hybridized carbons (Fsp3) is 0.154. The Hall–Kier alpha value is -3.66. The van der Waals surface area contributed by atoms with Crippen molar-refractivity contribution in [1.29, 1.82) is 0 Å². The van der Waals surface area contributed by atoms with Crippen LogP contribution in [-0.4, -0.2) is 19.9 Å². The molecular weight excluding hydrogens is 368 g/mol. The van der Waals surface area contributed by atoms with Crippen LogP contribution < -0.4 is 0 Å². The molecule has 0 saturated heterocycles. The van der Waals surface area contributed by atoms with E-state index >= 15 is 0 Å². The molecule has 2 aliphatic carbocycles. The number of hydrogen-bond acceptors (Lipinski definition) is 2. The summed E-state index contributed by atoms with van der Waals surface area (Å²) in [7, 11) is 0. The van der Waals surface area contributed by atoms with Gasteiger partial charge >= 0.3 is 0 Å². The second kappa shape index (κ2) is 6.42. The van der Waals surface area contributed by atoms with E-state index in [1.165, 1.54) is 22.3 Å². The molecule has 2 aliphatic rings. The second-order valence-electron chi connectivity index (χ2n) is 8.23. The van der Waals surface area contributed by atoms with Crippen LogP contribution in [0.3, 0.4) is 0 Å². The van der Waals surface area contributed by atoms with Crippen molar-refractivity contribution in [1.82, 2.24) is 19.9 Å². The van der Waals surface area contributed by atoms with Crippen molar-refractivity contribution in [3.8, 4) is 0 Å². The molecule has 2 aromatic carbocycles. The molecule has 0 aliphatic heterocycles. The zero-order valence-corrected chi connectivity index (χ0v) is 17.0. The third kappa shape index (κ3) is 2.84. The summed E-state index contributed by atoms with van der Waals surface area (Å²) in [5.74, 6) is 2.66. The van der Waals surface area contributed by atoms with Crippen LogP contribution in [0.5, 0.6) is 0 Å². The number of rotatable bonds is 2. The molecule has 0 spiro atoms. The summed E-state index contributed by atoms with van der Waals surface area (Å²) in [6.45, 7) is 3.98. The van der Waals surface area contributed by atoms with Crippen molar-refractivity contribution in [2.45, 2.75) is 13.8 Å². The highest BCUT2D eigenvalue weighted by molar-refractivity contribution is 5.86. The van der Waals surface area contributed by atoms with Crippen molar-refractivity contribution in [3.05, 3.63) is 95.6 Å². The van der Waals surface area contributed by atoms with Crippen molar-refractivity contribution in [2.24, 2.45) is 11.8 Å². The monoisotopic (exact) mass is 390 g/mol. The highest BCUT2D eigenvalue weighted by Crippen LogP contribution is 2.36. The van der Waals surface area contributed by atoms with Crippen LogP contribution in [0.2, 0.25) is 0 Å². The van der Waals surface area contributed by atoms with Gasteiger partial charge in [0.2, 0.25) is 0 Å². The Kier molecular flexibility index (Phi) is 3.69. The number of aromatic nitrogens is 4. The molecule has 4 nitrogen and oxygen atoms in total. The van der Waals surface area contributed by atoms with Gasteiger partial charge in [-0.15, -0.1) is 0 Å². The van der Waals surface area contributed by atoms with Crippen LogP contribution in [0.4, 0.5) is 0 Å². The van der Waals surface area contributed by atoms with E-state index in [1.807, 2.05) is 13.8 Å². The molecule has 4 heteroatoms. The van der Waals surface area contributed by atoms with Gasteiger partial charge in [-0.3, -0.25) is 0 Å². The van der Waals surface area contributed by atoms with E-state index in [4.69, 9.17) is 0 Å². The molecule has 6 rings (SSSR count). The fourth-order valence-corrected chi connectivity index (χ4v) is 4.56. The molecule has 0 fully saturated rings. The van der Waals surface area contributed by atoms with Crippen molar-refractivity contribution < 1.29 is 0 Å². The predicted octanol–water partition coefficient (Wildman–Crippen LogP) is 5.90. The van der Waals surface area contributed by atoms with Gasteiger partial charge < -0.3 is 9.97 Å². The first-order valence-corrected chi connectivity index (χ1v) is 10.4. The average molecular weight is 390 g/mol. The number of nitrogens with one attached hydrogen (secondary N) is 2. The van der Waals surface area contributed by atoms with Gasteiger partial charge in [0.05, 0.1) is 22.1 Å². The molecule has 0 amide bonds. The Morgan fingerprint density at radius 2 is 1.13 bits per heavy atom. The summed E-state index contributed by atoms with van der Waals surface area (Å²) >= 11 is 0. The maximum Gasteiger partial charge on any atom is 0.104 e. The van der Waals surface area contributed by atoms with E-state index in [0.29, 0.717) is 11.8 Å². The molecular formula is C26H22N4. The minimum Gasteiger partial charge on any atom is -0.342 e. The van der Waals surface area contributed by atoms with Gasteiger partial charge in [-0.05, 0) is 60.4 Å². The average Bonchev–Trinajstić information content (AvgIpc) is 3.32. The largest absolute Gasteiger partial charge is 0.342 e. The zero-order valence-electron chi connectivity index (χ0n) is 17.0. The summed E-state index contributed by atoms with van der Waals surface area (Å²) < 4.78 is 0. The van der Waals surface area contributed by atoms with Crippen LogP contribution in [0, 0.1) is 25.7 Å². The third-order valence-electron chi connectivity index (χ3n) is 6.05. The first-order valence-electron chi connectivity index (χ1n) is 10.4. The molecule has 146 valence electrons. The van der Waals surface area contributed by atoms with Gasteiger partial charge in [-0.1, -0.05) is 48.6 Å². The van der Waals surface area contributed by atoms with E-state index < -0.39 is 0 Å². The number of aryl methyl sites for hydroxylation is 2. The predicted molar refractivity (Wildman–Crippen MR) is 123 cm³/mol. The van der Waals surface area contributed by atoms with Gasteiger partial charge in [0, 0.05) is 11.8 Å². The lowest BCUT2D eigenvalue weighted by Crippen LogP contribution is -2.13. The number of imidazole rings is 2. The standard InChI is InChI=1S/C26H22N4/c1-15-27-23-9-7-21(13-25(23)29-15)19-5-3-18-12-20(6-4-17(18)11-19)22-8-10-24-26(14-22)30-16(2)28-24/h3-14,17-18H,1-2H3,(H,27,29)(H,28,30). The summed E-state index contributed by atoms with van der Waals surface area (Å²) in [6.07, 6.45) is 13.9. The van der Waals surface area contributed by atoms with Crippen LogP contribution >= 0.6 is 0 Å². The van der Waals surface area contributed by atoms with E-state index in [1.54, 1.807) is 0 Å². The van der Waals surface area contributed by atoms with Crippen LogP contribution in [0.15, 0.2) is 72.9 Å². The maximum absolute atomic E-state index is 4.50. The smallest absolute Gasteiger partial charge is 0.104 e. The third-order valence-corrected chi connectivity index (χ3v) is 6.05. The summed E-state index contributed by atoms with van der Waals surface area (Å²) in [5, 5.41) is 0. The number of aromatic amines is 2. The molecule has 0 radical (unpaired) electrons. The highest BCUT2D eigenvalue weighted by atomic mass is 14.9. The Morgan fingerprint density at radius 3 is 1.60 bits per heavy atom. The Bertz CT molecular complexity index is 1310. The van der Waals surface area contributed by atoms with Crippen LogP contribution in [0.1, 0.15) is 22.8 Å². The van der Waals surface area contributed by atoms with Crippen LogP contribution in [0.25, 0.3) is 33.2 Å². The number of fused-ring (bicyclic) bond motifs is 3. The summed E-state index contributed by atoms with van der Waals surface area (Å²) in [5.41, 5.74) is 9.20. The number of allylic oxidation sites excluding steroid dienone is 8. The Labute approximate surface area is 174 Å². The minimum atomic E-state index is 0.381. The van der Waals surface area contributed by atoms with Crippen molar-refractivity contribution >= 4 is 33.2 Å². The van der Waals surface area contributed by atoms with Crippen molar-refractivity contribution in [2.75, 3.05) is 0 Å². The number of H-pyrrole nitrogens is 2. The normalized spacial score (nSPS) is 20.5. The Morgan fingerprint density at radius 1 is 0.667 bits per heavy atom. The lowest BCUT2D eigenvalue weighted by atomic mass is 9.79. The van der Waals surface area contributed by atoms with Gasteiger partial charge in [0.1, 0.15) is 11.6 Å². The van der Waals surface area contributed by atoms with Crippen molar-refractivity contribution in [3.63, 3.8) is 0 Å². The second-order valence-corrected chi connectivity index (χ2v) is 8.23. The zero-order chi connectivity index (χ0) is 20.2. The summed E-state index contributed by atoms with van der Waals surface area (Å²) in [6, 6.07) is 12.9. The fourth-order valence-electron chi connectivity index (χ4n) is 4.56. The van der Waals surface area contributed by atoms with Gasteiger partial charge in [-0.2, -0.15) is 0 Å². The molecule has 2 unspecified atom stereocenters. The van der Waals surface area contributed by atoms with E-state index in [2.05, 4.69) is 92.8 Å². The molecule has 0 saturated carbocycles. The number of benzene rings is 2. The molecule has 30 heavy (non-hydrogen) atoms. The summed E-state index contributed by atoms with van der Waals surface area (Å²) in [4.78, 5) is 15.7. The number of nitrogens with zero attached hydrogens (tertiary/aromatic N) is 2. The van der Waals surface area contributed by atoms with Gasteiger partial charge in [0.25, 0.3) is 0 Å². The minimum absolute atomic E-state index is 0.381. The molecule has 2 heterocycles. The van der Waals surface area contributed by atoms with Gasteiger partial charge in [0.15, 0.2) is 0 Å². The van der Waals surface area contributed by atoms with Gasteiger partial charge in [-0.25, -0.2) is 9.97 Å². The number of hydrogen-bond donors (Lipinski definition) is 2. The molecule has 2 aromatic heterocycles. The Balaban J connectivity index is 1.30. The topological polar surface area (TPSA) is 57.4 Å². The lowest BCUT2D eigenvalue weighted by molar-refractivity contribution is 0.665. The van der Waals surface area contributed by atoms with E-state index in [-0.39, 0.29) is 0 Å². The van der Waals surface area contributed by atoms with E-state index in [0.717, 1.165) is 33.7 Å². The lowest BCUT2D eigenvalue weighted by Gasteiger charge is -2.25. The maximum atomic E-state index is 4.50. The van der Waals surface area contributed by atoms with E-state index in [9.17, 15) is 0 Å². The SMILES string of the molecule is Cc1nc2ccc(C3=CC4C=CC(c5ccc6nc(C)[nH]c6c5)=CC4C=C3)cc2[nH]1. The molecule has 2 atom stereocenters. The quantitative estimate of drug-likeness (QED) is 0.448. The molecule has 2 N–H and O–H groups in total. The van der Waals surface area contributed by atoms with Crippen LogP contribution in [-0.2, 0) is 0 Å². The first kappa shape index (κ1) is 17.2. The molecule has 0 bridgehead atoms.